The van der Waals surface area contributed by atoms with Crippen LogP contribution in [-0.2, 0) is 11.2 Å². The maximum absolute atomic E-state index is 11.0. The van der Waals surface area contributed by atoms with Crippen molar-refractivity contribution in [3.8, 4) is 5.75 Å². The van der Waals surface area contributed by atoms with Crippen LogP contribution in [0.25, 0.3) is 6.08 Å². The number of hydrogen-bond donors (Lipinski definition) is 1. The van der Waals surface area contributed by atoms with E-state index >= 15 is 0 Å². The van der Waals surface area contributed by atoms with Gasteiger partial charge in [-0.3, -0.25) is 0 Å². The molecule has 0 aromatic heterocycles. The van der Waals surface area contributed by atoms with Crippen LogP contribution in [0.5, 0.6) is 5.75 Å². The van der Waals surface area contributed by atoms with Crippen LogP contribution in [0.3, 0.4) is 0 Å². The lowest BCUT2D eigenvalue weighted by Crippen LogP contribution is -2.07. The normalized spacial score (nSPS) is 12.4. The van der Waals surface area contributed by atoms with E-state index < -0.39 is 5.97 Å². The van der Waals surface area contributed by atoms with E-state index in [2.05, 4.69) is 19.9 Å². The summed E-state index contributed by atoms with van der Waals surface area (Å²) in [6.45, 7) is 4.52. The predicted molar refractivity (Wildman–Crippen MR) is 124 cm³/mol. The van der Waals surface area contributed by atoms with Gasteiger partial charge in [-0.05, 0) is 41.7 Å². The molecule has 0 saturated carbocycles. The van der Waals surface area contributed by atoms with Crippen molar-refractivity contribution in [1.82, 2.24) is 0 Å². The number of carbonyl (C=O) groups is 1. The second kappa shape index (κ2) is 16.1. The lowest BCUT2D eigenvalue weighted by Gasteiger charge is -2.19. The third-order valence-electron chi connectivity index (χ3n) is 5.70. The van der Waals surface area contributed by atoms with E-state index in [1.165, 1.54) is 88.7 Å². The summed E-state index contributed by atoms with van der Waals surface area (Å²) < 4.78 is 5.43. The van der Waals surface area contributed by atoms with Gasteiger partial charge >= 0.3 is 5.97 Å². The van der Waals surface area contributed by atoms with Crippen molar-refractivity contribution in [2.24, 2.45) is 5.92 Å². The molecule has 0 radical (unpaired) electrons. The molecule has 0 aliphatic carbocycles. The minimum atomic E-state index is -0.907. The van der Waals surface area contributed by atoms with Crippen molar-refractivity contribution < 1.29 is 14.6 Å². The fourth-order valence-electron chi connectivity index (χ4n) is 3.94. The number of carboxylic acid groups (broad SMARTS) is 1. The molecule has 164 valence electrons. The van der Waals surface area contributed by atoms with Gasteiger partial charge in [0.1, 0.15) is 5.75 Å². The van der Waals surface area contributed by atoms with E-state index in [0.717, 1.165) is 17.7 Å². The van der Waals surface area contributed by atoms with Crippen LogP contribution >= 0.6 is 0 Å². The van der Waals surface area contributed by atoms with Crippen molar-refractivity contribution in [1.29, 1.82) is 0 Å². The average molecular weight is 403 g/mol. The third-order valence-corrected chi connectivity index (χ3v) is 5.70. The summed E-state index contributed by atoms with van der Waals surface area (Å²) in [5.74, 6) is 0.592. The number of methoxy groups -OCH3 is 1. The molecule has 3 nitrogen and oxygen atoms in total. The smallest absolute Gasteiger partial charge is 0.328 e. The van der Waals surface area contributed by atoms with E-state index in [1.807, 2.05) is 12.1 Å². The third kappa shape index (κ3) is 11.7. The fourth-order valence-corrected chi connectivity index (χ4v) is 3.94. The van der Waals surface area contributed by atoms with E-state index in [1.54, 1.807) is 13.2 Å². The van der Waals surface area contributed by atoms with E-state index in [-0.39, 0.29) is 0 Å². The van der Waals surface area contributed by atoms with Gasteiger partial charge in [0.05, 0.1) is 7.11 Å². The molecular weight excluding hydrogens is 360 g/mol. The summed E-state index contributed by atoms with van der Waals surface area (Å²) in [4.78, 5) is 11.0. The van der Waals surface area contributed by atoms with E-state index in [4.69, 9.17) is 9.84 Å². The van der Waals surface area contributed by atoms with Gasteiger partial charge in [0.25, 0.3) is 0 Å². The first-order valence-corrected chi connectivity index (χ1v) is 11.7. The highest BCUT2D eigenvalue weighted by molar-refractivity contribution is 5.85. The average Bonchev–Trinajstić information content (AvgIpc) is 2.72. The molecule has 1 aromatic rings. The first-order valence-electron chi connectivity index (χ1n) is 11.7. The molecule has 0 aliphatic heterocycles. The van der Waals surface area contributed by atoms with Crippen LogP contribution in [0.1, 0.15) is 102 Å². The highest BCUT2D eigenvalue weighted by atomic mass is 16.5. The quantitative estimate of drug-likeness (QED) is 0.215. The standard InChI is InChI=1S/C26H42O3/c1-4-6-8-10-11-13-15-22(14-12-9-7-5-2)20-24-21-25(29-3)18-16-23(24)17-19-26(27)28/h16-19,21-22H,4-15,20H2,1-3H3,(H,27,28). The van der Waals surface area contributed by atoms with Gasteiger partial charge in [0, 0.05) is 6.08 Å². The maximum atomic E-state index is 11.0. The Labute approximate surface area is 178 Å². The van der Waals surface area contributed by atoms with Crippen molar-refractivity contribution in [2.45, 2.75) is 97.3 Å². The molecule has 0 saturated heterocycles. The molecule has 1 N–H and O–H groups in total. The molecule has 29 heavy (non-hydrogen) atoms. The van der Waals surface area contributed by atoms with Gasteiger partial charge in [-0.1, -0.05) is 97.0 Å². The summed E-state index contributed by atoms with van der Waals surface area (Å²) >= 11 is 0. The van der Waals surface area contributed by atoms with Gasteiger partial charge in [0.2, 0.25) is 0 Å². The summed E-state index contributed by atoms with van der Waals surface area (Å²) in [6, 6.07) is 5.98. The predicted octanol–water partition coefficient (Wildman–Crippen LogP) is 7.67. The second-order valence-electron chi connectivity index (χ2n) is 8.21. The van der Waals surface area contributed by atoms with Crippen molar-refractivity contribution >= 4 is 12.0 Å². The zero-order valence-corrected chi connectivity index (χ0v) is 18.9. The van der Waals surface area contributed by atoms with Gasteiger partial charge in [0.15, 0.2) is 0 Å². The second-order valence-corrected chi connectivity index (χ2v) is 8.21. The molecule has 1 atom stereocenters. The van der Waals surface area contributed by atoms with Crippen LogP contribution in [0.15, 0.2) is 24.3 Å². The lowest BCUT2D eigenvalue weighted by molar-refractivity contribution is -0.131. The number of carboxylic acids is 1. The molecule has 1 unspecified atom stereocenters. The Bertz CT molecular complexity index is 592. The Morgan fingerprint density at radius 1 is 0.966 bits per heavy atom. The molecule has 0 spiro atoms. The number of rotatable bonds is 17. The lowest BCUT2D eigenvalue weighted by atomic mass is 9.87. The molecule has 0 amide bonds. The summed E-state index contributed by atoms with van der Waals surface area (Å²) in [7, 11) is 1.68. The maximum Gasteiger partial charge on any atom is 0.328 e. The van der Waals surface area contributed by atoms with Crippen LogP contribution in [-0.4, -0.2) is 18.2 Å². The summed E-state index contributed by atoms with van der Waals surface area (Å²) in [5, 5.41) is 9.01. The largest absolute Gasteiger partial charge is 0.497 e. The van der Waals surface area contributed by atoms with Gasteiger partial charge in [-0.25, -0.2) is 4.79 Å². The molecule has 1 rings (SSSR count). The minimum Gasteiger partial charge on any atom is -0.497 e. The van der Waals surface area contributed by atoms with Gasteiger partial charge in [-0.15, -0.1) is 0 Å². The molecule has 0 fully saturated rings. The number of hydrogen-bond acceptors (Lipinski definition) is 2. The molecular formula is C26H42O3. The number of aliphatic carboxylic acids is 1. The number of benzene rings is 1. The Balaban J connectivity index is 2.78. The molecule has 3 heteroatoms. The van der Waals surface area contributed by atoms with Crippen LogP contribution in [0.2, 0.25) is 0 Å². The van der Waals surface area contributed by atoms with Crippen LogP contribution < -0.4 is 4.74 Å². The van der Waals surface area contributed by atoms with Crippen LogP contribution in [0.4, 0.5) is 0 Å². The molecule has 0 bridgehead atoms. The minimum absolute atomic E-state index is 0.655. The number of ether oxygens (including phenoxy) is 1. The topological polar surface area (TPSA) is 46.5 Å². The Hall–Kier alpha value is -1.77. The Morgan fingerprint density at radius 3 is 2.14 bits per heavy atom. The Kier molecular flexibility index (Phi) is 14.0. The van der Waals surface area contributed by atoms with Crippen molar-refractivity contribution in [3.05, 3.63) is 35.4 Å². The van der Waals surface area contributed by atoms with Crippen molar-refractivity contribution in [2.75, 3.05) is 7.11 Å². The van der Waals surface area contributed by atoms with Crippen LogP contribution in [0, 0.1) is 5.92 Å². The zero-order chi connectivity index (χ0) is 21.3. The first-order chi connectivity index (χ1) is 14.1. The molecule has 0 aliphatic rings. The SMILES string of the molecule is CCCCCCCCC(CCCCCC)Cc1cc(OC)ccc1C=CC(=O)O. The molecule has 0 heterocycles. The van der Waals surface area contributed by atoms with Crippen molar-refractivity contribution in [3.63, 3.8) is 0 Å². The first kappa shape index (κ1) is 25.3. The summed E-state index contributed by atoms with van der Waals surface area (Å²) in [6.07, 6.45) is 19.6. The van der Waals surface area contributed by atoms with E-state index in [0.29, 0.717) is 5.92 Å². The fraction of sp³-hybridized carbons (Fsp3) is 0.654. The van der Waals surface area contributed by atoms with Gasteiger partial charge < -0.3 is 9.84 Å². The molecule has 1 aromatic carbocycles. The highest BCUT2D eigenvalue weighted by Crippen LogP contribution is 2.27. The highest BCUT2D eigenvalue weighted by Gasteiger charge is 2.13. The zero-order valence-electron chi connectivity index (χ0n) is 18.9. The monoisotopic (exact) mass is 402 g/mol. The summed E-state index contributed by atoms with van der Waals surface area (Å²) in [5.41, 5.74) is 2.20. The Morgan fingerprint density at radius 2 is 1.55 bits per heavy atom. The number of unbranched alkanes of at least 4 members (excludes halogenated alkanes) is 8. The van der Waals surface area contributed by atoms with E-state index in [9.17, 15) is 4.79 Å². The van der Waals surface area contributed by atoms with Gasteiger partial charge in [-0.2, -0.15) is 0 Å².